The molecule has 268 valence electrons. The average Bonchev–Trinajstić information content (AvgIpc) is 3.56. The molecule has 1 aromatic carbocycles. The Morgan fingerprint density at radius 3 is 2.39 bits per heavy atom. The highest BCUT2D eigenvalue weighted by atomic mass is 16.5. The van der Waals surface area contributed by atoms with Gasteiger partial charge < -0.3 is 20.5 Å². The van der Waals surface area contributed by atoms with Crippen LogP contribution in [0, 0.1) is 63.1 Å². The normalized spacial score (nSPS) is 46.0. The Morgan fingerprint density at radius 2 is 1.71 bits per heavy atom. The molecule has 0 radical (unpaired) electrons. The summed E-state index contributed by atoms with van der Waals surface area (Å²) in [5.41, 5.74) is 5.60. The predicted molar refractivity (Wildman–Crippen MR) is 198 cm³/mol. The highest BCUT2D eigenvalue weighted by Crippen LogP contribution is 2.76. The van der Waals surface area contributed by atoms with Crippen LogP contribution in [-0.2, 0) is 4.74 Å². The highest BCUT2D eigenvalue weighted by Gasteiger charge is 2.70. The molecule has 0 spiro atoms. The Labute approximate surface area is 296 Å². The monoisotopic (exact) mass is 668 g/mol. The van der Waals surface area contributed by atoms with Gasteiger partial charge in [0.05, 0.1) is 18.3 Å². The molecule has 5 nitrogen and oxygen atoms in total. The van der Waals surface area contributed by atoms with Crippen molar-refractivity contribution < 1.29 is 14.6 Å². The van der Waals surface area contributed by atoms with E-state index in [4.69, 9.17) is 4.74 Å². The summed E-state index contributed by atoms with van der Waals surface area (Å²) >= 11 is 0. The second kappa shape index (κ2) is 11.8. The molecule has 6 aliphatic carbocycles. The summed E-state index contributed by atoms with van der Waals surface area (Å²) in [5, 5.41) is 17.5. The van der Waals surface area contributed by atoms with Gasteiger partial charge in [0.25, 0.3) is 0 Å². The van der Waals surface area contributed by atoms with E-state index in [1.165, 1.54) is 74.5 Å². The lowest BCUT2D eigenvalue weighted by Crippen LogP contribution is -2.68. The van der Waals surface area contributed by atoms with Crippen molar-refractivity contribution >= 4 is 11.5 Å². The Kier molecular flexibility index (Phi) is 8.21. The molecule has 49 heavy (non-hydrogen) atoms. The molecule has 8 rings (SSSR count). The molecule has 0 amide bonds. The standard InChI is InChI=1S/C44H64N2O3/c1-27(2)31-14-19-44(46-23-22-45-25-35-32-24-30(32)26-49-35)21-20-42(6)34(38(31)44)12-13-37-41(5)17-15-33(28-8-10-29(11-9-28)39(47)48)40(3,4)36(41)16-18-43(37,42)7/h8-11,15,30-32,34-38,45-46H,1,12-14,16-26H2,2-7H3,(H,47,48)/t30-,31-,32?,34+,35+,36-,37+,38+,41-,42+,43+,44-/m0/s1. The van der Waals surface area contributed by atoms with E-state index in [0.29, 0.717) is 46.2 Å². The summed E-state index contributed by atoms with van der Waals surface area (Å²) in [4.78, 5) is 11.6. The number of carboxylic acids is 1. The van der Waals surface area contributed by atoms with Gasteiger partial charge in [0.15, 0.2) is 0 Å². The van der Waals surface area contributed by atoms with Crippen LogP contribution < -0.4 is 10.6 Å². The van der Waals surface area contributed by atoms with Gasteiger partial charge in [-0.1, -0.05) is 65.0 Å². The maximum absolute atomic E-state index is 11.6. The number of aromatic carboxylic acids is 1. The van der Waals surface area contributed by atoms with E-state index in [1.807, 2.05) is 12.1 Å². The number of allylic oxidation sites excluding steroid dienone is 3. The predicted octanol–water partition coefficient (Wildman–Crippen LogP) is 9.00. The highest BCUT2D eigenvalue weighted by molar-refractivity contribution is 5.88. The van der Waals surface area contributed by atoms with Crippen LogP contribution >= 0.6 is 0 Å². The van der Waals surface area contributed by atoms with Gasteiger partial charge in [-0.2, -0.15) is 0 Å². The molecule has 0 aromatic heterocycles. The van der Waals surface area contributed by atoms with Crippen LogP contribution in [0.1, 0.15) is 122 Å². The van der Waals surface area contributed by atoms with E-state index in [0.717, 1.165) is 50.4 Å². The summed E-state index contributed by atoms with van der Waals surface area (Å²) in [5.74, 6) is 4.21. The topological polar surface area (TPSA) is 70.6 Å². The Morgan fingerprint density at radius 1 is 0.939 bits per heavy atom. The number of benzene rings is 1. The molecule has 1 aromatic rings. The molecule has 0 bridgehead atoms. The fourth-order valence-corrected chi connectivity index (χ4v) is 14.5. The third kappa shape index (κ3) is 5.05. The molecule has 5 saturated carbocycles. The molecule has 1 unspecified atom stereocenters. The largest absolute Gasteiger partial charge is 0.478 e. The zero-order chi connectivity index (χ0) is 34.6. The summed E-state index contributed by atoms with van der Waals surface area (Å²) in [6, 6.07) is 7.66. The average molecular weight is 669 g/mol. The van der Waals surface area contributed by atoms with Crippen molar-refractivity contribution in [2.75, 3.05) is 26.2 Å². The molecule has 1 aliphatic heterocycles. The number of hydrogen-bond donors (Lipinski definition) is 3. The lowest BCUT2D eigenvalue weighted by Gasteiger charge is -2.72. The molecule has 5 heteroatoms. The van der Waals surface area contributed by atoms with Gasteiger partial charge in [-0.15, -0.1) is 0 Å². The third-order valence-corrected chi connectivity index (χ3v) is 17.2. The quantitative estimate of drug-likeness (QED) is 0.181. The van der Waals surface area contributed by atoms with E-state index >= 15 is 0 Å². The van der Waals surface area contributed by atoms with E-state index < -0.39 is 5.97 Å². The summed E-state index contributed by atoms with van der Waals surface area (Å²) in [6.07, 6.45) is 16.0. The Hall–Kier alpha value is -1.95. The van der Waals surface area contributed by atoms with Crippen LogP contribution in [0.5, 0.6) is 0 Å². The first-order valence-electron chi connectivity index (χ1n) is 20.0. The first-order chi connectivity index (χ1) is 23.3. The summed E-state index contributed by atoms with van der Waals surface area (Å²) in [6.45, 7) is 24.1. The van der Waals surface area contributed by atoms with E-state index in [-0.39, 0.29) is 16.4 Å². The van der Waals surface area contributed by atoms with Crippen LogP contribution in [0.4, 0.5) is 0 Å². The first-order valence-corrected chi connectivity index (χ1v) is 20.0. The van der Waals surface area contributed by atoms with Crippen molar-refractivity contribution in [1.29, 1.82) is 0 Å². The van der Waals surface area contributed by atoms with Crippen LogP contribution in [0.15, 0.2) is 42.5 Å². The van der Waals surface area contributed by atoms with Gasteiger partial charge in [-0.05, 0) is 157 Å². The minimum absolute atomic E-state index is 0.0389. The fraction of sp³-hybridized carbons (Fsp3) is 0.750. The number of carboxylic acid groups (broad SMARTS) is 1. The third-order valence-electron chi connectivity index (χ3n) is 17.2. The van der Waals surface area contributed by atoms with Crippen molar-refractivity contribution in [3.63, 3.8) is 0 Å². The lowest BCUT2D eigenvalue weighted by molar-refractivity contribution is -0.219. The number of fused-ring (bicyclic) bond motifs is 8. The Bertz CT molecular complexity index is 1510. The SMILES string of the molecule is C=C(C)[C@@H]1CC[C@]2(NCCNC[C@H]3OC[C@@H]4CC43)CC[C@]3(C)[C@H](CC[C@@H]4[C@@]5(C)CC=C(c6ccc(C(=O)O)cc6)C(C)(C)[C@@H]5CC[C@]43C)[C@@H]12. The molecule has 12 atom stereocenters. The smallest absolute Gasteiger partial charge is 0.335 e. The summed E-state index contributed by atoms with van der Waals surface area (Å²) in [7, 11) is 0. The zero-order valence-corrected chi connectivity index (χ0v) is 31.4. The zero-order valence-electron chi connectivity index (χ0n) is 31.4. The maximum Gasteiger partial charge on any atom is 0.335 e. The Balaban J connectivity index is 1.03. The van der Waals surface area contributed by atoms with Crippen molar-refractivity contribution in [3.05, 3.63) is 53.6 Å². The summed E-state index contributed by atoms with van der Waals surface area (Å²) < 4.78 is 6.02. The molecule has 7 aliphatic rings. The van der Waals surface area contributed by atoms with Gasteiger partial charge in [0.1, 0.15) is 0 Å². The molecule has 3 N–H and O–H groups in total. The number of hydrogen-bond acceptors (Lipinski definition) is 4. The second-order valence-electron chi connectivity index (χ2n) is 19.4. The van der Waals surface area contributed by atoms with Crippen LogP contribution in [0.25, 0.3) is 5.57 Å². The molecule has 1 heterocycles. The minimum Gasteiger partial charge on any atom is -0.478 e. The van der Waals surface area contributed by atoms with Crippen molar-refractivity contribution in [3.8, 4) is 0 Å². The number of carbonyl (C=O) groups is 1. The van der Waals surface area contributed by atoms with Crippen molar-refractivity contribution in [2.24, 2.45) is 63.1 Å². The van der Waals surface area contributed by atoms with E-state index in [1.54, 1.807) is 12.1 Å². The van der Waals surface area contributed by atoms with Gasteiger partial charge in [-0.25, -0.2) is 4.79 Å². The van der Waals surface area contributed by atoms with Gasteiger partial charge in [0, 0.05) is 25.2 Å². The van der Waals surface area contributed by atoms with Gasteiger partial charge in [-0.3, -0.25) is 0 Å². The molecule has 6 fully saturated rings. The van der Waals surface area contributed by atoms with E-state index in [2.05, 4.69) is 64.8 Å². The van der Waals surface area contributed by atoms with Gasteiger partial charge >= 0.3 is 5.97 Å². The number of nitrogens with one attached hydrogen (secondary N) is 2. The molecular weight excluding hydrogens is 604 g/mol. The lowest BCUT2D eigenvalue weighted by atomic mass is 9.33. The number of ether oxygens (including phenoxy) is 1. The minimum atomic E-state index is -0.854. The van der Waals surface area contributed by atoms with Crippen LogP contribution in [-0.4, -0.2) is 49.0 Å². The van der Waals surface area contributed by atoms with Gasteiger partial charge in [0.2, 0.25) is 0 Å². The molecule has 1 saturated heterocycles. The fourth-order valence-electron chi connectivity index (χ4n) is 14.5. The van der Waals surface area contributed by atoms with E-state index in [9.17, 15) is 9.90 Å². The maximum atomic E-state index is 11.6. The van der Waals surface area contributed by atoms with Crippen LogP contribution in [0.3, 0.4) is 0 Å². The van der Waals surface area contributed by atoms with Crippen molar-refractivity contribution in [1.82, 2.24) is 10.6 Å². The number of rotatable bonds is 9. The first kappa shape index (κ1) is 34.2. The second-order valence-corrected chi connectivity index (χ2v) is 19.4. The van der Waals surface area contributed by atoms with Crippen molar-refractivity contribution in [2.45, 2.75) is 117 Å². The molecular formula is C44H64N2O3. The van der Waals surface area contributed by atoms with Crippen LogP contribution in [0.2, 0.25) is 0 Å².